The summed E-state index contributed by atoms with van der Waals surface area (Å²) in [5, 5.41) is 3.13. The summed E-state index contributed by atoms with van der Waals surface area (Å²) in [6.07, 6.45) is 2.57. The lowest BCUT2D eigenvalue weighted by molar-refractivity contribution is 0.321. The number of nitrogens with zero attached hydrogens (tertiary/aromatic N) is 1. The summed E-state index contributed by atoms with van der Waals surface area (Å²) in [5.41, 5.74) is 0.388. The Morgan fingerprint density at radius 1 is 1.35 bits per heavy atom. The third-order valence-corrected chi connectivity index (χ3v) is 3.16. The fraction of sp³-hybridized carbons (Fsp3) is 0.538. The highest BCUT2D eigenvalue weighted by Crippen LogP contribution is 2.24. The van der Waals surface area contributed by atoms with Crippen LogP contribution in [0.5, 0.6) is 0 Å². The second-order valence-corrected chi connectivity index (χ2v) is 4.60. The molecule has 0 atom stereocenters. The second-order valence-electron chi connectivity index (χ2n) is 4.60. The summed E-state index contributed by atoms with van der Waals surface area (Å²) in [7, 11) is 2.10. The maximum absolute atomic E-state index is 13.3. The van der Waals surface area contributed by atoms with Crippen molar-refractivity contribution in [2.75, 3.05) is 20.1 Å². The lowest BCUT2D eigenvalue weighted by Gasteiger charge is -2.15. The standard InChI is InChI=1S/C13H18F2N2/c1-17(11-5-6-11)8-7-16-9-10-3-2-4-12(14)13(10)15/h2-4,11,16H,5-9H2,1H3. The van der Waals surface area contributed by atoms with E-state index in [1.165, 1.54) is 18.9 Å². The minimum absolute atomic E-state index is 0.377. The first kappa shape index (κ1) is 12.5. The fourth-order valence-electron chi connectivity index (χ4n) is 1.86. The van der Waals surface area contributed by atoms with E-state index in [2.05, 4.69) is 17.3 Å². The van der Waals surface area contributed by atoms with Gasteiger partial charge in [-0.15, -0.1) is 0 Å². The molecule has 0 aliphatic heterocycles. The van der Waals surface area contributed by atoms with Gasteiger partial charge < -0.3 is 10.2 Å². The van der Waals surface area contributed by atoms with E-state index in [1.54, 1.807) is 6.07 Å². The van der Waals surface area contributed by atoms with Gasteiger partial charge >= 0.3 is 0 Å². The molecule has 0 unspecified atom stereocenters. The van der Waals surface area contributed by atoms with E-state index in [0.29, 0.717) is 12.1 Å². The molecule has 1 aromatic rings. The molecule has 1 saturated carbocycles. The van der Waals surface area contributed by atoms with Gasteiger partial charge in [0.2, 0.25) is 0 Å². The Morgan fingerprint density at radius 3 is 2.82 bits per heavy atom. The SMILES string of the molecule is CN(CCNCc1cccc(F)c1F)C1CC1. The van der Waals surface area contributed by atoms with Crippen molar-refractivity contribution < 1.29 is 8.78 Å². The van der Waals surface area contributed by atoms with Crippen molar-refractivity contribution in [3.8, 4) is 0 Å². The summed E-state index contributed by atoms with van der Waals surface area (Å²) < 4.78 is 26.2. The molecule has 1 aliphatic carbocycles. The first-order chi connectivity index (χ1) is 8.18. The number of rotatable bonds is 6. The molecule has 0 heterocycles. The molecule has 4 heteroatoms. The molecular formula is C13H18F2N2. The van der Waals surface area contributed by atoms with Gasteiger partial charge in [0, 0.05) is 31.2 Å². The van der Waals surface area contributed by atoms with Crippen molar-refractivity contribution in [2.24, 2.45) is 0 Å². The van der Waals surface area contributed by atoms with E-state index in [-0.39, 0.29) is 0 Å². The second kappa shape index (κ2) is 5.56. The molecule has 1 aliphatic rings. The summed E-state index contributed by atoms with van der Waals surface area (Å²) in [6.45, 7) is 2.12. The average molecular weight is 240 g/mol. The Bertz CT molecular complexity index is 378. The van der Waals surface area contributed by atoms with Crippen LogP contribution in [0.2, 0.25) is 0 Å². The number of hydrogen-bond acceptors (Lipinski definition) is 2. The van der Waals surface area contributed by atoms with Crippen molar-refractivity contribution in [1.29, 1.82) is 0 Å². The molecule has 1 aromatic carbocycles. The minimum Gasteiger partial charge on any atom is -0.311 e. The number of hydrogen-bond donors (Lipinski definition) is 1. The highest BCUT2D eigenvalue weighted by molar-refractivity contribution is 5.18. The largest absolute Gasteiger partial charge is 0.311 e. The van der Waals surface area contributed by atoms with Gasteiger partial charge in [0.1, 0.15) is 0 Å². The Balaban J connectivity index is 1.72. The summed E-state index contributed by atoms with van der Waals surface area (Å²) in [5.74, 6) is -1.52. The predicted molar refractivity (Wildman–Crippen MR) is 63.7 cm³/mol. The van der Waals surface area contributed by atoms with Gasteiger partial charge in [-0.1, -0.05) is 12.1 Å². The molecule has 0 saturated heterocycles. The van der Waals surface area contributed by atoms with E-state index in [0.717, 1.165) is 25.2 Å². The Morgan fingerprint density at radius 2 is 2.12 bits per heavy atom. The van der Waals surface area contributed by atoms with Crippen LogP contribution in [0.15, 0.2) is 18.2 Å². The van der Waals surface area contributed by atoms with Gasteiger partial charge in [0.15, 0.2) is 11.6 Å². The van der Waals surface area contributed by atoms with Crippen LogP contribution >= 0.6 is 0 Å². The van der Waals surface area contributed by atoms with Crippen molar-refractivity contribution in [2.45, 2.75) is 25.4 Å². The molecule has 0 aromatic heterocycles. The first-order valence-electron chi connectivity index (χ1n) is 6.02. The molecule has 2 nitrogen and oxygen atoms in total. The maximum atomic E-state index is 13.3. The van der Waals surface area contributed by atoms with Crippen molar-refractivity contribution in [3.05, 3.63) is 35.4 Å². The molecule has 1 N–H and O–H groups in total. The van der Waals surface area contributed by atoms with Crippen LogP contribution in [0.3, 0.4) is 0 Å². The number of nitrogens with one attached hydrogen (secondary N) is 1. The van der Waals surface area contributed by atoms with Crippen LogP contribution in [0.25, 0.3) is 0 Å². The molecule has 2 rings (SSSR count). The summed E-state index contributed by atoms with van der Waals surface area (Å²) in [4.78, 5) is 2.30. The van der Waals surface area contributed by atoms with Crippen LogP contribution in [-0.4, -0.2) is 31.1 Å². The van der Waals surface area contributed by atoms with Crippen molar-refractivity contribution >= 4 is 0 Å². The number of benzene rings is 1. The Kier molecular flexibility index (Phi) is 4.07. The highest BCUT2D eigenvalue weighted by atomic mass is 19.2. The average Bonchev–Trinajstić information content (AvgIpc) is 3.13. The topological polar surface area (TPSA) is 15.3 Å². The van der Waals surface area contributed by atoms with E-state index < -0.39 is 11.6 Å². The van der Waals surface area contributed by atoms with Gasteiger partial charge in [-0.05, 0) is 26.0 Å². The molecule has 94 valence electrons. The Labute approximate surface area is 101 Å². The quantitative estimate of drug-likeness (QED) is 0.766. The van der Waals surface area contributed by atoms with Crippen molar-refractivity contribution in [1.82, 2.24) is 10.2 Å². The van der Waals surface area contributed by atoms with Gasteiger partial charge in [-0.3, -0.25) is 0 Å². The van der Waals surface area contributed by atoms with Gasteiger partial charge in [0.25, 0.3) is 0 Å². The summed E-state index contributed by atoms with van der Waals surface area (Å²) in [6, 6.07) is 5.02. The van der Waals surface area contributed by atoms with E-state index >= 15 is 0 Å². The van der Waals surface area contributed by atoms with E-state index in [9.17, 15) is 8.78 Å². The first-order valence-corrected chi connectivity index (χ1v) is 6.02. The normalized spacial score (nSPS) is 15.5. The van der Waals surface area contributed by atoms with Gasteiger partial charge in [0.05, 0.1) is 0 Å². The predicted octanol–water partition coefficient (Wildman–Crippen LogP) is 2.15. The maximum Gasteiger partial charge on any atom is 0.163 e. The summed E-state index contributed by atoms with van der Waals surface area (Å²) >= 11 is 0. The lowest BCUT2D eigenvalue weighted by Crippen LogP contribution is -2.30. The third-order valence-electron chi connectivity index (χ3n) is 3.16. The molecule has 0 bridgehead atoms. The monoisotopic (exact) mass is 240 g/mol. The zero-order valence-corrected chi connectivity index (χ0v) is 10.0. The molecule has 0 radical (unpaired) electrons. The highest BCUT2D eigenvalue weighted by Gasteiger charge is 2.25. The number of likely N-dealkylation sites (N-methyl/N-ethyl adjacent to an activating group) is 1. The molecule has 17 heavy (non-hydrogen) atoms. The van der Waals surface area contributed by atoms with Crippen molar-refractivity contribution in [3.63, 3.8) is 0 Å². The van der Waals surface area contributed by atoms with Crippen LogP contribution in [0, 0.1) is 11.6 Å². The molecule has 0 spiro atoms. The fourth-order valence-corrected chi connectivity index (χ4v) is 1.86. The smallest absolute Gasteiger partial charge is 0.163 e. The van der Waals surface area contributed by atoms with Crippen LogP contribution in [0.1, 0.15) is 18.4 Å². The van der Waals surface area contributed by atoms with Gasteiger partial charge in [-0.25, -0.2) is 8.78 Å². The van der Waals surface area contributed by atoms with Gasteiger partial charge in [-0.2, -0.15) is 0 Å². The molecule has 0 amide bonds. The van der Waals surface area contributed by atoms with Crippen LogP contribution < -0.4 is 5.32 Å². The Hall–Kier alpha value is -1.00. The molecular weight excluding hydrogens is 222 g/mol. The van der Waals surface area contributed by atoms with Crippen LogP contribution in [0.4, 0.5) is 8.78 Å². The number of halogens is 2. The molecule has 1 fully saturated rings. The minimum atomic E-state index is -0.778. The van der Waals surface area contributed by atoms with E-state index in [4.69, 9.17) is 0 Å². The zero-order chi connectivity index (χ0) is 12.3. The van der Waals surface area contributed by atoms with E-state index in [1.807, 2.05) is 0 Å². The van der Waals surface area contributed by atoms with Crippen LogP contribution in [-0.2, 0) is 6.54 Å². The zero-order valence-electron chi connectivity index (χ0n) is 10.0. The lowest BCUT2D eigenvalue weighted by atomic mass is 10.2. The third kappa shape index (κ3) is 3.48.